The summed E-state index contributed by atoms with van der Waals surface area (Å²) in [6.07, 6.45) is 3.12. The monoisotopic (exact) mass is 614 g/mol. The van der Waals surface area contributed by atoms with Crippen LogP contribution in [0.25, 0.3) is 0 Å². The topological polar surface area (TPSA) is 88.7 Å². The number of hydrogen-bond acceptors (Lipinski definition) is 7. The number of halogens is 2. The molecular weight excluding hydrogens is 558 g/mol. The summed E-state index contributed by atoms with van der Waals surface area (Å²) in [4.78, 5) is 46.8. The highest BCUT2D eigenvalue weighted by molar-refractivity contribution is 5.86. The fourth-order valence-electron chi connectivity index (χ4n) is 6.21. The van der Waals surface area contributed by atoms with Gasteiger partial charge in [-0.15, -0.1) is 0 Å². The van der Waals surface area contributed by atoms with E-state index in [4.69, 9.17) is 4.74 Å². The summed E-state index contributed by atoms with van der Waals surface area (Å²) >= 11 is 0. The van der Waals surface area contributed by atoms with Gasteiger partial charge in [0.15, 0.2) is 0 Å². The van der Waals surface area contributed by atoms with E-state index in [0.29, 0.717) is 52.2 Å². The van der Waals surface area contributed by atoms with E-state index in [1.807, 2.05) is 30.6 Å². The van der Waals surface area contributed by atoms with E-state index < -0.39 is 29.1 Å². The molecule has 4 aliphatic rings. The first-order chi connectivity index (χ1) is 19.9. The molecule has 1 N–H and O–H groups in total. The van der Waals surface area contributed by atoms with Gasteiger partial charge in [-0.05, 0) is 80.7 Å². The van der Waals surface area contributed by atoms with E-state index in [9.17, 15) is 23.2 Å². The first-order valence-corrected chi connectivity index (χ1v) is 16.0. The zero-order valence-corrected chi connectivity index (χ0v) is 27.6. The number of carbonyl (C=O) groups is 3. The van der Waals surface area contributed by atoms with E-state index in [1.54, 1.807) is 37.5 Å². The lowest BCUT2D eigenvalue weighted by Crippen LogP contribution is -2.55. The molecule has 12 heteroatoms. The Hall–Kier alpha value is -2.05. The number of carbonyl (C=O) groups excluding carboxylic acids is 3. The Labute approximate surface area is 257 Å². The smallest absolute Gasteiger partial charge is 0.410 e. The molecule has 4 aliphatic heterocycles. The van der Waals surface area contributed by atoms with Crippen LogP contribution in [0.2, 0.25) is 0 Å². The molecule has 248 valence electrons. The van der Waals surface area contributed by atoms with E-state index >= 15 is 0 Å². The normalized spacial score (nSPS) is 24.5. The number of likely N-dealkylation sites (tertiary alicyclic amines) is 1. The largest absolute Gasteiger partial charge is 0.444 e. The number of rotatable bonds is 6. The molecule has 4 fully saturated rings. The average molecular weight is 615 g/mol. The maximum Gasteiger partial charge on any atom is 0.410 e. The molecule has 0 aromatic carbocycles. The predicted octanol–water partition coefficient (Wildman–Crippen LogP) is 2.91. The molecule has 0 bridgehead atoms. The molecule has 43 heavy (non-hydrogen) atoms. The van der Waals surface area contributed by atoms with Gasteiger partial charge in [-0.3, -0.25) is 24.3 Å². The molecule has 10 nitrogen and oxygen atoms in total. The summed E-state index contributed by atoms with van der Waals surface area (Å²) in [5, 5.41) is 3.24. The summed E-state index contributed by atoms with van der Waals surface area (Å²) in [7, 11) is 0. The van der Waals surface area contributed by atoms with Crippen molar-refractivity contribution in [3.05, 3.63) is 0 Å². The van der Waals surface area contributed by atoms with Crippen LogP contribution >= 0.6 is 0 Å². The Morgan fingerprint density at radius 3 is 1.60 bits per heavy atom. The molecule has 0 unspecified atom stereocenters. The highest BCUT2D eigenvalue weighted by Crippen LogP contribution is 2.23. The van der Waals surface area contributed by atoms with Gasteiger partial charge >= 0.3 is 6.09 Å². The third-order valence-corrected chi connectivity index (χ3v) is 8.09. The number of nitrogens with one attached hydrogen (secondary N) is 1. The number of hydrogen-bond donors (Lipinski definition) is 1. The lowest BCUT2D eigenvalue weighted by molar-refractivity contribution is -0.138. The minimum Gasteiger partial charge on any atom is -0.444 e. The van der Waals surface area contributed by atoms with Crippen LogP contribution < -0.4 is 5.32 Å². The summed E-state index contributed by atoms with van der Waals surface area (Å²) in [5.74, 6) is 0.217. The van der Waals surface area contributed by atoms with Crippen molar-refractivity contribution in [2.75, 3.05) is 78.5 Å². The first kappa shape index (κ1) is 35.4. The van der Waals surface area contributed by atoms with E-state index in [-0.39, 0.29) is 17.9 Å². The second-order valence-corrected chi connectivity index (χ2v) is 14.6. The number of piperazine rings is 2. The minimum atomic E-state index is -1.23. The molecule has 4 saturated heterocycles. The quantitative estimate of drug-likeness (QED) is 0.493. The summed E-state index contributed by atoms with van der Waals surface area (Å²) in [6, 6.07) is -0.409. The van der Waals surface area contributed by atoms with Crippen LogP contribution in [0.5, 0.6) is 0 Å². The SMILES string of the molecule is CC(C)(F)CN1CCN(C(=O)[C@@H]2CCCN2)CC1.CC(C)(F)CN1CCN(C(=O)[C@@H]2CCCN2C(=O)OC(C)(C)C)CC1. The second kappa shape index (κ2) is 14.8. The molecule has 2 atom stereocenters. The lowest BCUT2D eigenvalue weighted by Gasteiger charge is -2.38. The van der Waals surface area contributed by atoms with Crippen LogP contribution in [0.1, 0.15) is 74.1 Å². The Bertz CT molecular complexity index is 926. The summed E-state index contributed by atoms with van der Waals surface area (Å²) in [6.45, 7) is 19.7. The second-order valence-electron chi connectivity index (χ2n) is 14.6. The van der Waals surface area contributed by atoms with Gasteiger partial charge in [0.25, 0.3) is 0 Å². The first-order valence-electron chi connectivity index (χ1n) is 16.0. The average Bonchev–Trinajstić information content (AvgIpc) is 3.59. The van der Waals surface area contributed by atoms with Gasteiger partial charge in [-0.2, -0.15) is 0 Å². The third-order valence-electron chi connectivity index (χ3n) is 8.09. The number of ether oxygens (including phenoxy) is 1. The van der Waals surface area contributed by atoms with Crippen molar-refractivity contribution in [3.63, 3.8) is 0 Å². The molecule has 0 aromatic rings. The van der Waals surface area contributed by atoms with Crippen LogP contribution in [0, 0.1) is 0 Å². The maximum absolute atomic E-state index is 13.8. The van der Waals surface area contributed by atoms with E-state index in [1.165, 1.54) is 0 Å². The van der Waals surface area contributed by atoms with Crippen LogP contribution in [-0.2, 0) is 14.3 Å². The van der Waals surface area contributed by atoms with Crippen LogP contribution in [0.3, 0.4) is 0 Å². The molecule has 4 heterocycles. The summed E-state index contributed by atoms with van der Waals surface area (Å²) < 4.78 is 32.7. The molecule has 0 radical (unpaired) electrons. The molecule has 4 rings (SSSR count). The van der Waals surface area contributed by atoms with Gasteiger partial charge in [-0.25, -0.2) is 13.6 Å². The van der Waals surface area contributed by atoms with Gasteiger partial charge in [0.05, 0.1) is 6.04 Å². The number of nitrogens with zero attached hydrogens (tertiary/aromatic N) is 5. The van der Waals surface area contributed by atoms with Crippen molar-refractivity contribution < 1.29 is 27.9 Å². The third kappa shape index (κ3) is 11.8. The van der Waals surface area contributed by atoms with Gasteiger partial charge in [-0.1, -0.05) is 0 Å². The standard InChI is InChI=1S/C18H32FN3O3.C13H24FN3O/c1-17(2,3)25-16(24)22-8-6-7-14(22)15(23)21-11-9-20(10-12-21)13-18(4,5)19;1-13(2,14)10-16-6-8-17(9-7-16)12(18)11-4-3-5-15-11/h14H,6-13H2,1-5H3;11,15H,3-10H2,1-2H3/t14-;11-/m00/s1. The number of amides is 3. The zero-order valence-electron chi connectivity index (χ0n) is 27.6. The van der Waals surface area contributed by atoms with E-state index in [2.05, 4.69) is 10.2 Å². The maximum atomic E-state index is 13.8. The number of alkyl halides is 2. The minimum absolute atomic E-state index is 0.0116. The molecule has 0 aliphatic carbocycles. The molecule has 3 amide bonds. The van der Waals surface area contributed by atoms with Crippen molar-refractivity contribution >= 4 is 17.9 Å². The van der Waals surface area contributed by atoms with Gasteiger partial charge < -0.3 is 19.9 Å². The predicted molar refractivity (Wildman–Crippen MR) is 163 cm³/mol. The van der Waals surface area contributed by atoms with Crippen LogP contribution in [0.4, 0.5) is 13.6 Å². The van der Waals surface area contributed by atoms with Crippen LogP contribution in [-0.4, -0.2) is 150 Å². The Morgan fingerprint density at radius 1 is 0.698 bits per heavy atom. The van der Waals surface area contributed by atoms with Crippen LogP contribution in [0.15, 0.2) is 0 Å². The zero-order chi connectivity index (χ0) is 32.0. The molecule has 0 saturated carbocycles. The molecular formula is C31H56F2N6O4. The Kier molecular flexibility index (Phi) is 12.2. The van der Waals surface area contributed by atoms with Crippen molar-refractivity contribution in [1.82, 2.24) is 29.8 Å². The Morgan fingerprint density at radius 2 is 1.19 bits per heavy atom. The lowest BCUT2D eigenvalue weighted by atomic mass is 10.1. The molecule has 0 aromatic heterocycles. The van der Waals surface area contributed by atoms with Crippen molar-refractivity contribution in [1.29, 1.82) is 0 Å². The van der Waals surface area contributed by atoms with Gasteiger partial charge in [0.2, 0.25) is 11.8 Å². The molecule has 0 spiro atoms. The van der Waals surface area contributed by atoms with Crippen molar-refractivity contribution in [3.8, 4) is 0 Å². The van der Waals surface area contributed by atoms with E-state index in [0.717, 1.165) is 52.0 Å². The summed E-state index contributed by atoms with van der Waals surface area (Å²) in [5.41, 5.74) is -2.96. The highest BCUT2D eigenvalue weighted by Gasteiger charge is 2.39. The van der Waals surface area contributed by atoms with Crippen molar-refractivity contribution in [2.45, 2.75) is 103 Å². The van der Waals surface area contributed by atoms with Gasteiger partial charge in [0, 0.05) is 72.0 Å². The van der Waals surface area contributed by atoms with Crippen molar-refractivity contribution in [2.24, 2.45) is 0 Å². The van der Waals surface area contributed by atoms with Gasteiger partial charge in [0.1, 0.15) is 23.0 Å². The fraction of sp³-hybridized carbons (Fsp3) is 0.903. The Balaban J connectivity index is 0.000000248. The fourth-order valence-corrected chi connectivity index (χ4v) is 6.21. The highest BCUT2D eigenvalue weighted by atomic mass is 19.1.